The predicted molar refractivity (Wildman–Crippen MR) is 300 cm³/mol. The van der Waals surface area contributed by atoms with E-state index in [0.717, 1.165) is 31.4 Å². The van der Waals surface area contributed by atoms with Crippen molar-refractivity contribution in [3.8, 4) is 11.5 Å². The number of nitrogens with one attached hydrogen (secondary N) is 3. The lowest BCUT2D eigenvalue weighted by Crippen LogP contribution is -2.54. The lowest BCUT2D eigenvalue weighted by molar-refractivity contribution is -0.142. The van der Waals surface area contributed by atoms with Gasteiger partial charge in [-0.25, -0.2) is 9.59 Å². The first-order chi connectivity index (χ1) is 35.7. The molecule has 19 nitrogen and oxygen atoms in total. The van der Waals surface area contributed by atoms with Gasteiger partial charge in [0.15, 0.2) is 0 Å². The second-order valence-electron chi connectivity index (χ2n) is 24.3. The molecule has 2 aromatic rings. The summed E-state index contributed by atoms with van der Waals surface area (Å²) in [5.74, 6) is 0.232. The van der Waals surface area contributed by atoms with Crippen molar-refractivity contribution in [2.75, 3.05) is 74.6 Å². The summed E-state index contributed by atoms with van der Waals surface area (Å²) in [6, 6.07) is 12.5. The lowest BCUT2D eigenvalue weighted by atomic mass is 9.85. The van der Waals surface area contributed by atoms with Crippen LogP contribution in [0.4, 0.5) is 0 Å². The maximum atomic E-state index is 12.7. The number of methoxy groups -OCH3 is 2. The quantitative estimate of drug-likeness (QED) is 0.126. The highest BCUT2D eigenvalue weighted by Gasteiger charge is 2.37. The van der Waals surface area contributed by atoms with E-state index in [1.165, 1.54) is 14.2 Å². The van der Waals surface area contributed by atoms with Crippen molar-refractivity contribution < 1.29 is 57.9 Å². The topological polar surface area (TPSA) is 252 Å². The molecule has 7 N–H and O–H groups in total. The molecule has 3 aliphatic rings. The van der Waals surface area contributed by atoms with E-state index in [0.29, 0.717) is 69.0 Å². The molecule has 0 unspecified atom stereocenters. The van der Waals surface area contributed by atoms with Crippen LogP contribution in [0.3, 0.4) is 0 Å². The average molecular weight is 1080 g/mol. The minimum atomic E-state index is -0.796. The molecule has 3 amide bonds. The van der Waals surface area contributed by atoms with Crippen LogP contribution in [0.2, 0.25) is 0 Å². The third-order valence-corrected chi connectivity index (χ3v) is 13.8. The number of rotatable bonds is 13. The Kier molecular flexibility index (Phi) is 27.0. The van der Waals surface area contributed by atoms with E-state index in [1.807, 2.05) is 70.3 Å². The Morgan fingerprint density at radius 2 is 0.779 bits per heavy atom. The minimum Gasteiger partial charge on any atom is -0.490 e. The van der Waals surface area contributed by atoms with E-state index in [9.17, 15) is 33.9 Å². The van der Waals surface area contributed by atoms with Crippen LogP contribution in [-0.2, 0) is 28.7 Å². The Hall–Kier alpha value is -5.34. The Balaban J connectivity index is 0.000000371. The van der Waals surface area contributed by atoms with Gasteiger partial charge in [0, 0.05) is 65.0 Å². The molecule has 19 heteroatoms. The van der Waals surface area contributed by atoms with Crippen molar-refractivity contribution in [2.24, 2.45) is 27.4 Å². The van der Waals surface area contributed by atoms with Crippen LogP contribution in [0.5, 0.6) is 11.5 Å². The van der Waals surface area contributed by atoms with E-state index in [1.54, 1.807) is 55.6 Å². The molecule has 0 bridgehead atoms. The summed E-state index contributed by atoms with van der Waals surface area (Å²) < 4.78 is 21.3. The van der Waals surface area contributed by atoms with Crippen molar-refractivity contribution in [3.05, 3.63) is 59.7 Å². The Labute approximate surface area is 460 Å². The van der Waals surface area contributed by atoms with Crippen LogP contribution >= 0.6 is 0 Å². The summed E-state index contributed by atoms with van der Waals surface area (Å²) in [7, 11) is 8.03. The second kappa shape index (κ2) is 30.7. The molecule has 3 saturated heterocycles. The SMILES string of the molecule is CN[C@H](C(=O)N1CCC(O)CC1)C(C)(C)C.CN[C@H](C(=O)N1CCC(Oc2ccc(C(=O)OC)cc2)CC1)C(C)(C)C.CN[C@H](C(=O)O)C(C)(C)C.COC(=O)c1ccc(OC2CCN(C(=O)[C@@H](N)C(C)(C)C)CC2)cc1. The van der Waals surface area contributed by atoms with Gasteiger partial charge in [-0.2, -0.15) is 0 Å². The first kappa shape index (κ1) is 67.8. The van der Waals surface area contributed by atoms with Gasteiger partial charge < -0.3 is 65.5 Å². The Morgan fingerprint density at radius 3 is 1.01 bits per heavy atom. The number of nitrogens with zero attached hydrogens (tertiary/aromatic N) is 3. The highest BCUT2D eigenvalue weighted by Crippen LogP contribution is 2.27. The van der Waals surface area contributed by atoms with E-state index >= 15 is 0 Å². The number of likely N-dealkylation sites (N-methyl/N-ethyl adjacent to an activating group) is 3. The smallest absolute Gasteiger partial charge is 0.337 e. The zero-order valence-corrected chi connectivity index (χ0v) is 49.5. The zero-order valence-electron chi connectivity index (χ0n) is 49.5. The number of aliphatic hydroxyl groups excluding tert-OH is 1. The maximum Gasteiger partial charge on any atom is 0.337 e. The molecule has 3 aliphatic heterocycles. The fourth-order valence-corrected chi connectivity index (χ4v) is 9.15. The molecule has 5 rings (SSSR count). The van der Waals surface area contributed by atoms with Gasteiger partial charge >= 0.3 is 17.9 Å². The number of benzene rings is 2. The monoisotopic (exact) mass is 1080 g/mol. The maximum absolute atomic E-state index is 12.7. The van der Waals surface area contributed by atoms with Gasteiger partial charge in [-0.15, -0.1) is 0 Å². The number of amides is 3. The van der Waals surface area contributed by atoms with Crippen LogP contribution in [0, 0.1) is 21.7 Å². The standard InChI is InChI=1S/C20H30N2O4.C19H28N2O4.C12H24N2O2.C7H15NO2/c1-20(2,3)17(21-4)18(23)22-12-10-16(11-13-22)26-15-8-6-14(7-9-15)19(24)25-5;1-19(2,3)16(20)17(22)21-11-9-15(10-12-21)25-14-7-5-13(6-8-14)18(23)24-4;1-12(2,3)10(13-4)11(16)14-7-5-9(15)6-8-14;1-7(2,3)5(8-4)6(9)10/h6-9,16-17,21H,10-13H2,1-5H3;5-8,15-16H,9-12,20H2,1-4H3;9-10,13,15H,5-8H2,1-4H3;5,8H,1-4H3,(H,9,10)/t17-;16-;10-;5-/m1111/s1. The van der Waals surface area contributed by atoms with Crippen LogP contribution in [-0.4, -0.2) is 178 Å². The number of nitrogens with two attached hydrogens (primary N) is 1. The normalized spacial score (nSPS) is 17.5. The van der Waals surface area contributed by atoms with Crippen molar-refractivity contribution in [2.45, 2.75) is 164 Å². The number of carboxylic acids is 1. The molecular weight excluding hydrogens is 987 g/mol. The van der Waals surface area contributed by atoms with Crippen molar-refractivity contribution >= 4 is 35.6 Å². The van der Waals surface area contributed by atoms with Crippen LogP contribution in [0.15, 0.2) is 48.5 Å². The van der Waals surface area contributed by atoms with Crippen molar-refractivity contribution in [3.63, 3.8) is 0 Å². The molecule has 2 aromatic carbocycles. The van der Waals surface area contributed by atoms with E-state index in [2.05, 4.69) is 62.2 Å². The van der Waals surface area contributed by atoms with E-state index < -0.39 is 18.1 Å². The number of hydrogen-bond acceptors (Lipinski definition) is 15. The molecule has 0 radical (unpaired) electrons. The Bertz CT molecular complexity index is 2140. The predicted octanol–water partition coefficient (Wildman–Crippen LogP) is 6.00. The molecular formula is C58H97N7O12. The largest absolute Gasteiger partial charge is 0.490 e. The van der Waals surface area contributed by atoms with Gasteiger partial charge in [-0.3, -0.25) is 19.2 Å². The van der Waals surface area contributed by atoms with E-state index in [4.69, 9.17) is 25.1 Å². The first-order valence-corrected chi connectivity index (χ1v) is 27.0. The molecule has 3 fully saturated rings. The summed E-state index contributed by atoms with van der Waals surface area (Å²) in [5.41, 5.74) is 6.39. The summed E-state index contributed by atoms with van der Waals surface area (Å²) in [6.07, 6.45) is 4.42. The number of carboxylic acid groups (broad SMARTS) is 1. The van der Waals surface area contributed by atoms with Crippen LogP contribution < -0.4 is 31.2 Å². The molecule has 4 atom stereocenters. The van der Waals surface area contributed by atoms with Crippen molar-refractivity contribution in [1.82, 2.24) is 30.7 Å². The molecule has 0 aliphatic carbocycles. The minimum absolute atomic E-state index is 0.00776. The van der Waals surface area contributed by atoms with Gasteiger partial charge in [-0.05, 0) is 104 Å². The third kappa shape index (κ3) is 22.1. The summed E-state index contributed by atoms with van der Waals surface area (Å²) in [6.45, 7) is 28.0. The number of hydrogen-bond donors (Lipinski definition) is 6. The summed E-state index contributed by atoms with van der Waals surface area (Å²) >= 11 is 0. The van der Waals surface area contributed by atoms with Gasteiger partial charge in [0.2, 0.25) is 17.7 Å². The van der Waals surface area contributed by atoms with Crippen LogP contribution in [0.25, 0.3) is 0 Å². The number of likely N-dealkylation sites (tertiary alicyclic amines) is 3. The van der Waals surface area contributed by atoms with Gasteiger partial charge in [0.05, 0.1) is 49.6 Å². The van der Waals surface area contributed by atoms with Crippen LogP contribution in [0.1, 0.15) is 142 Å². The van der Waals surface area contributed by atoms with Gasteiger partial charge in [0.1, 0.15) is 29.7 Å². The molecule has 77 heavy (non-hydrogen) atoms. The van der Waals surface area contributed by atoms with Crippen molar-refractivity contribution in [1.29, 1.82) is 0 Å². The number of aliphatic hydroxyl groups is 1. The molecule has 436 valence electrons. The third-order valence-electron chi connectivity index (χ3n) is 13.8. The van der Waals surface area contributed by atoms with Gasteiger partial charge in [-0.1, -0.05) is 83.1 Å². The summed E-state index contributed by atoms with van der Waals surface area (Å²) in [4.78, 5) is 76.5. The number of aliphatic carboxylic acids is 1. The number of carbonyl (C=O) groups is 6. The number of ether oxygens (including phenoxy) is 4. The number of piperidine rings is 3. The van der Waals surface area contributed by atoms with Gasteiger partial charge in [0.25, 0.3) is 0 Å². The Morgan fingerprint density at radius 1 is 0.494 bits per heavy atom. The fourth-order valence-electron chi connectivity index (χ4n) is 9.15. The molecule has 0 spiro atoms. The van der Waals surface area contributed by atoms with E-state index in [-0.39, 0.29) is 81.7 Å². The zero-order chi connectivity index (χ0) is 58.6. The lowest BCUT2D eigenvalue weighted by Gasteiger charge is -2.38. The molecule has 0 aromatic heterocycles. The number of esters is 2. The fraction of sp³-hybridized carbons (Fsp3) is 0.690. The highest BCUT2D eigenvalue weighted by molar-refractivity contribution is 5.90. The molecule has 3 heterocycles. The highest BCUT2D eigenvalue weighted by atomic mass is 16.5. The summed E-state index contributed by atoms with van der Waals surface area (Å²) in [5, 5.41) is 27.0. The second-order valence-corrected chi connectivity index (χ2v) is 24.3. The average Bonchev–Trinajstić information content (AvgIpc) is 3.36. The molecule has 0 saturated carbocycles. The number of carbonyl (C=O) groups excluding carboxylic acids is 5. The first-order valence-electron chi connectivity index (χ1n) is 27.0.